The van der Waals surface area contributed by atoms with Crippen molar-refractivity contribution >= 4 is 22.5 Å². The number of ether oxygens (including phenoxy) is 1. The molecule has 0 bridgehead atoms. The molecule has 2 aliphatic rings. The summed E-state index contributed by atoms with van der Waals surface area (Å²) < 4.78 is 8.12. The number of likely N-dealkylation sites (tertiary alicyclic amines) is 1. The average Bonchev–Trinajstić information content (AvgIpc) is 3.37. The standard InChI is InChI=1S/C24H25N5O2/c1-15-13-16(2)29-21(25-15)14-20(27-29)23(30)28-10-8-24(9-11-28)22-18(7-12-31-24)17-5-3-4-6-19(17)26-22/h3-6,13-14,26H,7-12H2,1-2H3. The van der Waals surface area contributed by atoms with Crippen LogP contribution in [-0.4, -0.2) is 50.1 Å². The summed E-state index contributed by atoms with van der Waals surface area (Å²) in [6, 6.07) is 12.2. The molecule has 5 heterocycles. The summed E-state index contributed by atoms with van der Waals surface area (Å²) in [6.07, 6.45) is 2.49. The number of hydrogen-bond acceptors (Lipinski definition) is 4. The second-order valence-electron chi connectivity index (χ2n) is 8.75. The van der Waals surface area contributed by atoms with Gasteiger partial charge in [-0.1, -0.05) is 18.2 Å². The number of para-hydroxylation sites is 1. The van der Waals surface area contributed by atoms with Crippen LogP contribution < -0.4 is 0 Å². The molecular weight excluding hydrogens is 390 g/mol. The monoisotopic (exact) mass is 415 g/mol. The largest absolute Gasteiger partial charge is 0.368 e. The van der Waals surface area contributed by atoms with Gasteiger partial charge in [-0.2, -0.15) is 5.10 Å². The van der Waals surface area contributed by atoms with Crippen molar-refractivity contribution in [3.05, 3.63) is 64.7 Å². The van der Waals surface area contributed by atoms with Crippen molar-refractivity contribution in [2.24, 2.45) is 0 Å². The van der Waals surface area contributed by atoms with Crippen molar-refractivity contribution < 1.29 is 9.53 Å². The lowest BCUT2D eigenvalue weighted by atomic mass is 9.83. The van der Waals surface area contributed by atoms with Gasteiger partial charge in [0.25, 0.3) is 5.91 Å². The van der Waals surface area contributed by atoms with Gasteiger partial charge in [-0.05, 0) is 50.8 Å². The molecule has 1 saturated heterocycles. The number of nitrogens with one attached hydrogen (secondary N) is 1. The first-order valence-corrected chi connectivity index (χ1v) is 10.9. The highest BCUT2D eigenvalue weighted by atomic mass is 16.5. The van der Waals surface area contributed by atoms with Gasteiger partial charge >= 0.3 is 0 Å². The van der Waals surface area contributed by atoms with E-state index in [0.717, 1.165) is 37.3 Å². The molecule has 1 aromatic carbocycles. The Morgan fingerprint density at radius 2 is 1.97 bits per heavy atom. The van der Waals surface area contributed by atoms with Gasteiger partial charge in [-0.25, -0.2) is 9.50 Å². The topological polar surface area (TPSA) is 75.5 Å². The molecule has 7 nitrogen and oxygen atoms in total. The third-order valence-corrected chi connectivity index (χ3v) is 6.81. The molecule has 31 heavy (non-hydrogen) atoms. The number of fused-ring (bicyclic) bond motifs is 5. The fraction of sp³-hybridized carbons (Fsp3) is 0.375. The molecular formula is C24H25N5O2. The fourth-order valence-electron chi connectivity index (χ4n) is 5.29. The number of rotatable bonds is 1. The number of aromatic amines is 1. The van der Waals surface area contributed by atoms with Crippen LogP contribution in [0.25, 0.3) is 16.6 Å². The van der Waals surface area contributed by atoms with Crippen LogP contribution in [0.5, 0.6) is 0 Å². The first-order valence-electron chi connectivity index (χ1n) is 10.9. The molecule has 4 aromatic rings. The van der Waals surface area contributed by atoms with Crippen LogP contribution in [0.15, 0.2) is 36.4 Å². The Bertz CT molecular complexity index is 1330. The minimum atomic E-state index is -0.336. The Labute approximate surface area is 180 Å². The highest BCUT2D eigenvalue weighted by Gasteiger charge is 2.43. The van der Waals surface area contributed by atoms with Gasteiger partial charge < -0.3 is 14.6 Å². The maximum absolute atomic E-state index is 13.2. The summed E-state index contributed by atoms with van der Waals surface area (Å²) in [6.45, 7) is 5.94. The van der Waals surface area contributed by atoms with E-state index in [9.17, 15) is 4.79 Å². The Balaban J connectivity index is 1.27. The molecule has 1 amide bonds. The van der Waals surface area contributed by atoms with Gasteiger partial charge in [0.15, 0.2) is 11.3 Å². The Morgan fingerprint density at radius 3 is 2.81 bits per heavy atom. The van der Waals surface area contributed by atoms with Crippen molar-refractivity contribution in [1.82, 2.24) is 24.5 Å². The normalized spacial score (nSPS) is 18.1. The van der Waals surface area contributed by atoms with E-state index >= 15 is 0 Å². The fourth-order valence-corrected chi connectivity index (χ4v) is 5.29. The van der Waals surface area contributed by atoms with Crippen LogP contribution in [0.2, 0.25) is 0 Å². The molecule has 1 N–H and O–H groups in total. The van der Waals surface area contributed by atoms with Crippen LogP contribution in [0.3, 0.4) is 0 Å². The van der Waals surface area contributed by atoms with Crippen LogP contribution in [0.4, 0.5) is 0 Å². The molecule has 158 valence electrons. The molecule has 2 aliphatic heterocycles. The summed E-state index contributed by atoms with van der Waals surface area (Å²) in [5.74, 6) is -0.0370. The first-order chi connectivity index (χ1) is 15.0. The number of benzene rings is 1. The van der Waals surface area contributed by atoms with Crippen LogP contribution >= 0.6 is 0 Å². The van der Waals surface area contributed by atoms with Gasteiger partial charge in [-0.3, -0.25) is 4.79 Å². The number of amides is 1. The number of hydrogen-bond donors (Lipinski definition) is 1. The third kappa shape index (κ3) is 2.80. The van der Waals surface area contributed by atoms with Gasteiger partial charge in [0, 0.05) is 41.4 Å². The minimum absolute atomic E-state index is 0.0370. The summed E-state index contributed by atoms with van der Waals surface area (Å²) in [4.78, 5) is 23.2. The molecule has 0 unspecified atom stereocenters. The van der Waals surface area contributed by atoms with Gasteiger partial charge in [0.1, 0.15) is 5.60 Å². The summed E-state index contributed by atoms with van der Waals surface area (Å²) in [5.41, 5.74) is 6.47. The SMILES string of the molecule is Cc1cc(C)n2nc(C(=O)N3CCC4(CC3)OCCc3c4[nH]c4ccccc34)cc2n1. The lowest BCUT2D eigenvalue weighted by molar-refractivity contribution is -0.0957. The summed E-state index contributed by atoms with van der Waals surface area (Å²) >= 11 is 0. The Morgan fingerprint density at radius 1 is 1.16 bits per heavy atom. The van der Waals surface area contributed by atoms with Crippen LogP contribution in [0, 0.1) is 13.8 Å². The number of aromatic nitrogens is 4. The van der Waals surface area contributed by atoms with Gasteiger partial charge in [-0.15, -0.1) is 0 Å². The predicted octanol–water partition coefficient (Wildman–Crippen LogP) is 3.53. The molecule has 6 rings (SSSR count). The van der Waals surface area contributed by atoms with Crippen LogP contribution in [-0.2, 0) is 16.8 Å². The van der Waals surface area contributed by atoms with Crippen molar-refractivity contribution in [3.63, 3.8) is 0 Å². The molecule has 1 fully saturated rings. The summed E-state index contributed by atoms with van der Waals surface area (Å²) in [7, 11) is 0. The summed E-state index contributed by atoms with van der Waals surface area (Å²) in [5, 5.41) is 5.82. The molecule has 0 aliphatic carbocycles. The number of carbonyl (C=O) groups is 1. The van der Waals surface area contributed by atoms with Crippen molar-refractivity contribution in [2.45, 2.75) is 38.7 Å². The lowest BCUT2D eigenvalue weighted by Gasteiger charge is -2.43. The second-order valence-corrected chi connectivity index (χ2v) is 8.75. The maximum Gasteiger partial charge on any atom is 0.274 e. The number of aryl methyl sites for hydroxylation is 2. The first kappa shape index (κ1) is 18.6. The average molecular weight is 415 g/mol. The third-order valence-electron chi connectivity index (χ3n) is 6.81. The zero-order valence-corrected chi connectivity index (χ0v) is 17.8. The molecule has 0 atom stereocenters. The zero-order chi connectivity index (χ0) is 21.2. The lowest BCUT2D eigenvalue weighted by Crippen LogP contribution is -2.48. The van der Waals surface area contributed by atoms with Crippen molar-refractivity contribution in [1.29, 1.82) is 0 Å². The highest BCUT2D eigenvalue weighted by molar-refractivity contribution is 5.93. The van der Waals surface area contributed by atoms with E-state index in [-0.39, 0.29) is 11.5 Å². The van der Waals surface area contributed by atoms with E-state index < -0.39 is 0 Å². The molecule has 0 radical (unpaired) electrons. The maximum atomic E-state index is 13.2. The van der Waals surface area contributed by atoms with E-state index in [1.165, 1.54) is 22.2 Å². The van der Waals surface area contributed by atoms with Crippen molar-refractivity contribution in [2.75, 3.05) is 19.7 Å². The van der Waals surface area contributed by atoms with E-state index in [0.29, 0.717) is 24.4 Å². The van der Waals surface area contributed by atoms with E-state index in [4.69, 9.17) is 4.74 Å². The van der Waals surface area contributed by atoms with Crippen LogP contribution in [0.1, 0.15) is 46.0 Å². The predicted molar refractivity (Wildman–Crippen MR) is 117 cm³/mol. The van der Waals surface area contributed by atoms with Gasteiger partial charge in [0.2, 0.25) is 0 Å². The molecule has 1 spiro atoms. The van der Waals surface area contributed by atoms with E-state index in [2.05, 4.69) is 39.3 Å². The number of piperidine rings is 1. The van der Waals surface area contributed by atoms with E-state index in [1.807, 2.05) is 24.8 Å². The Hall–Kier alpha value is -3.19. The molecule has 0 saturated carbocycles. The molecule has 7 heteroatoms. The molecule has 3 aromatic heterocycles. The number of carbonyl (C=O) groups excluding carboxylic acids is 1. The quantitative estimate of drug-likeness (QED) is 0.516. The van der Waals surface area contributed by atoms with E-state index in [1.54, 1.807) is 10.6 Å². The zero-order valence-electron chi connectivity index (χ0n) is 17.8. The van der Waals surface area contributed by atoms with Crippen molar-refractivity contribution in [3.8, 4) is 0 Å². The number of nitrogens with zero attached hydrogens (tertiary/aromatic N) is 4. The Kier molecular flexibility index (Phi) is 3.99. The minimum Gasteiger partial charge on any atom is -0.368 e. The number of H-pyrrole nitrogens is 1. The smallest absolute Gasteiger partial charge is 0.274 e. The second kappa shape index (κ2) is 6.65. The highest BCUT2D eigenvalue weighted by Crippen LogP contribution is 2.43. The van der Waals surface area contributed by atoms with Gasteiger partial charge in [0.05, 0.1) is 12.3 Å².